The normalized spacial score (nSPS) is 10.2. The summed E-state index contributed by atoms with van der Waals surface area (Å²) in [5.74, 6) is 0.816. The summed E-state index contributed by atoms with van der Waals surface area (Å²) in [5, 5.41) is 0. The number of hydrogen-bond acceptors (Lipinski definition) is 2. The highest BCUT2D eigenvalue weighted by molar-refractivity contribution is 5.36. The zero-order valence-electron chi connectivity index (χ0n) is 8.21. The summed E-state index contributed by atoms with van der Waals surface area (Å²) >= 11 is 0. The maximum Gasteiger partial charge on any atom is 0.293 e. The minimum atomic E-state index is 0.522. The van der Waals surface area contributed by atoms with Crippen LogP contribution in [0.4, 0.5) is 0 Å². The van der Waals surface area contributed by atoms with E-state index in [0.29, 0.717) is 13.1 Å². The van der Waals surface area contributed by atoms with E-state index in [0.717, 1.165) is 12.3 Å². The lowest BCUT2D eigenvalue weighted by molar-refractivity contribution is -0.128. The van der Waals surface area contributed by atoms with Crippen molar-refractivity contribution in [3.63, 3.8) is 0 Å². The van der Waals surface area contributed by atoms with Gasteiger partial charge in [-0.05, 0) is 12.3 Å². The van der Waals surface area contributed by atoms with Crippen LogP contribution in [0.2, 0.25) is 0 Å². The smallest absolute Gasteiger partial charge is 0.293 e. The van der Waals surface area contributed by atoms with E-state index in [4.69, 9.17) is 0 Å². The van der Waals surface area contributed by atoms with E-state index in [1.165, 1.54) is 25.7 Å². The van der Waals surface area contributed by atoms with Crippen molar-refractivity contribution < 1.29 is 9.53 Å². The Bertz CT molecular complexity index is 100. The molecule has 0 aromatic heterocycles. The maximum absolute atomic E-state index is 9.76. The van der Waals surface area contributed by atoms with Crippen LogP contribution in [0.25, 0.3) is 0 Å². The summed E-state index contributed by atoms with van der Waals surface area (Å²) in [7, 11) is 0. The monoisotopic (exact) mass is 172 g/mol. The molecule has 12 heavy (non-hydrogen) atoms. The topological polar surface area (TPSA) is 26.3 Å². The molecule has 0 saturated carbocycles. The van der Waals surface area contributed by atoms with Gasteiger partial charge in [0.2, 0.25) is 0 Å². The fourth-order valence-electron chi connectivity index (χ4n) is 1.14. The van der Waals surface area contributed by atoms with Gasteiger partial charge in [-0.25, -0.2) is 0 Å². The number of carbonyl (C=O) groups is 1. The lowest BCUT2D eigenvalue weighted by atomic mass is 10.0. The zero-order chi connectivity index (χ0) is 9.23. The molecule has 0 aromatic carbocycles. The number of unbranched alkanes of at least 4 members (excludes halogenated alkanes) is 3. The zero-order valence-corrected chi connectivity index (χ0v) is 8.21. The first kappa shape index (κ1) is 11.5. The Hall–Kier alpha value is -0.530. The standard InChI is InChI=1S/C10H20O2/c1-10(2)7-5-3-4-6-8-12-9-11/h9-10H,3-8H2,1-2H3. The quantitative estimate of drug-likeness (QED) is 0.415. The van der Waals surface area contributed by atoms with Crippen molar-refractivity contribution in [2.45, 2.75) is 46.0 Å². The van der Waals surface area contributed by atoms with Crippen molar-refractivity contribution in [3.8, 4) is 0 Å². The summed E-state index contributed by atoms with van der Waals surface area (Å²) in [5.41, 5.74) is 0. The van der Waals surface area contributed by atoms with Gasteiger partial charge in [0.25, 0.3) is 6.47 Å². The van der Waals surface area contributed by atoms with Gasteiger partial charge in [-0.2, -0.15) is 0 Å². The van der Waals surface area contributed by atoms with Crippen molar-refractivity contribution in [1.82, 2.24) is 0 Å². The van der Waals surface area contributed by atoms with Crippen molar-refractivity contribution in [3.05, 3.63) is 0 Å². The van der Waals surface area contributed by atoms with Crippen molar-refractivity contribution in [2.24, 2.45) is 5.92 Å². The predicted molar refractivity (Wildman–Crippen MR) is 49.9 cm³/mol. The molecule has 0 heterocycles. The molecule has 2 nitrogen and oxygen atoms in total. The van der Waals surface area contributed by atoms with E-state index in [9.17, 15) is 4.79 Å². The molecular formula is C10H20O2. The van der Waals surface area contributed by atoms with E-state index in [1.807, 2.05) is 0 Å². The van der Waals surface area contributed by atoms with Gasteiger partial charge in [0, 0.05) is 0 Å². The number of hydrogen-bond donors (Lipinski definition) is 0. The van der Waals surface area contributed by atoms with Gasteiger partial charge >= 0.3 is 0 Å². The van der Waals surface area contributed by atoms with Crippen LogP contribution in [0.15, 0.2) is 0 Å². The number of ether oxygens (including phenoxy) is 1. The van der Waals surface area contributed by atoms with Gasteiger partial charge in [0.05, 0.1) is 6.61 Å². The second-order valence-corrected chi connectivity index (χ2v) is 3.56. The molecule has 2 heteroatoms. The SMILES string of the molecule is CC(C)CCCCCCOC=O. The Morgan fingerprint density at radius 2 is 1.83 bits per heavy atom. The third-order valence-electron chi connectivity index (χ3n) is 1.86. The van der Waals surface area contributed by atoms with Crippen LogP contribution >= 0.6 is 0 Å². The summed E-state index contributed by atoms with van der Waals surface area (Å²) in [6.45, 7) is 5.60. The average molecular weight is 172 g/mol. The molecule has 0 amide bonds. The molecule has 0 aliphatic rings. The van der Waals surface area contributed by atoms with Gasteiger partial charge in [-0.15, -0.1) is 0 Å². The van der Waals surface area contributed by atoms with Gasteiger partial charge in [-0.1, -0.05) is 39.5 Å². The molecule has 0 N–H and O–H groups in total. The van der Waals surface area contributed by atoms with Gasteiger partial charge in [0.1, 0.15) is 0 Å². The molecule has 0 atom stereocenters. The summed E-state index contributed by atoms with van der Waals surface area (Å²) < 4.78 is 4.58. The Balaban J connectivity index is 2.86. The number of rotatable bonds is 8. The molecule has 0 fully saturated rings. The third kappa shape index (κ3) is 9.47. The van der Waals surface area contributed by atoms with Crippen LogP contribution in [0, 0.1) is 5.92 Å². The summed E-state index contributed by atoms with van der Waals surface area (Å²) in [4.78, 5) is 9.76. The molecule has 0 aliphatic carbocycles. The van der Waals surface area contributed by atoms with Crippen LogP contribution in [-0.2, 0) is 9.53 Å². The Labute approximate surface area is 75.3 Å². The molecule has 72 valence electrons. The second kappa shape index (κ2) is 8.57. The summed E-state index contributed by atoms with van der Waals surface area (Å²) in [6.07, 6.45) is 6.07. The Morgan fingerprint density at radius 3 is 2.42 bits per heavy atom. The minimum absolute atomic E-state index is 0.522. The highest BCUT2D eigenvalue weighted by Gasteiger charge is 1.94. The van der Waals surface area contributed by atoms with E-state index in [2.05, 4.69) is 18.6 Å². The first-order valence-electron chi connectivity index (χ1n) is 4.82. The maximum atomic E-state index is 9.76. The fraction of sp³-hybridized carbons (Fsp3) is 0.900. The summed E-state index contributed by atoms with van der Waals surface area (Å²) in [6, 6.07) is 0. The highest BCUT2D eigenvalue weighted by Crippen LogP contribution is 2.09. The van der Waals surface area contributed by atoms with Crippen LogP contribution in [0.3, 0.4) is 0 Å². The molecule has 0 spiro atoms. The van der Waals surface area contributed by atoms with Crippen molar-refractivity contribution in [2.75, 3.05) is 6.61 Å². The van der Waals surface area contributed by atoms with Crippen LogP contribution < -0.4 is 0 Å². The molecule has 0 rings (SSSR count). The molecule has 0 aromatic rings. The lowest BCUT2D eigenvalue weighted by Gasteiger charge is -2.03. The third-order valence-corrected chi connectivity index (χ3v) is 1.86. The molecule has 0 aliphatic heterocycles. The first-order valence-corrected chi connectivity index (χ1v) is 4.82. The Morgan fingerprint density at radius 1 is 1.17 bits per heavy atom. The van der Waals surface area contributed by atoms with E-state index < -0.39 is 0 Å². The van der Waals surface area contributed by atoms with Crippen LogP contribution in [0.5, 0.6) is 0 Å². The van der Waals surface area contributed by atoms with Crippen LogP contribution in [0.1, 0.15) is 46.0 Å². The fourth-order valence-corrected chi connectivity index (χ4v) is 1.14. The van der Waals surface area contributed by atoms with Gasteiger partial charge in [0.15, 0.2) is 0 Å². The first-order chi connectivity index (χ1) is 5.77. The molecule has 0 bridgehead atoms. The van der Waals surface area contributed by atoms with Gasteiger partial charge in [-0.3, -0.25) is 4.79 Å². The predicted octanol–water partition coefficient (Wildman–Crippen LogP) is 2.77. The largest absolute Gasteiger partial charge is 0.468 e. The van der Waals surface area contributed by atoms with E-state index in [1.54, 1.807) is 0 Å². The van der Waals surface area contributed by atoms with Crippen molar-refractivity contribution >= 4 is 6.47 Å². The Kier molecular flexibility index (Phi) is 8.19. The second-order valence-electron chi connectivity index (χ2n) is 3.56. The van der Waals surface area contributed by atoms with Crippen molar-refractivity contribution in [1.29, 1.82) is 0 Å². The van der Waals surface area contributed by atoms with E-state index >= 15 is 0 Å². The molecular weight excluding hydrogens is 152 g/mol. The number of carbonyl (C=O) groups excluding carboxylic acids is 1. The highest BCUT2D eigenvalue weighted by atomic mass is 16.5. The van der Waals surface area contributed by atoms with Gasteiger partial charge < -0.3 is 4.74 Å². The molecule has 0 saturated heterocycles. The molecule has 0 radical (unpaired) electrons. The lowest BCUT2D eigenvalue weighted by Crippen LogP contribution is -1.92. The minimum Gasteiger partial charge on any atom is -0.468 e. The van der Waals surface area contributed by atoms with E-state index in [-0.39, 0.29) is 0 Å². The van der Waals surface area contributed by atoms with Crippen LogP contribution in [-0.4, -0.2) is 13.1 Å². The molecule has 0 unspecified atom stereocenters. The average Bonchev–Trinajstić information content (AvgIpc) is 2.02.